The Morgan fingerprint density at radius 2 is 1.68 bits per heavy atom. The molecule has 0 spiro atoms. The molecule has 2 N–H and O–H groups in total. The lowest BCUT2D eigenvalue weighted by Gasteiger charge is -2.08. The average molecular weight is 269 g/mol. The van der Waals surface area contributed by atoms with Crippen molar-refractivity contribution in [3.63, 3.8) is 0 Å². The maximum atomic E-state index is 9.56. The number of rotatable bonds is 11. The van der Waals surface area contributed by atoms with E-state index in [1.807, 2.05) is 18.2 Å². The number of para-hydroxylation sites is 1. The predicted molar refractivity (Wildman–Crippen MR) is 73.3 cm³/mol. The Balaban J connectivity index is 1.90. The van der Waals surface area contributed by atoms with E-state index in [9.17, 15) is 5.11 Å². The second-order valence-electron chi connectivity index (χ2n) is 4.02. The van der Waals surface area contributed by atoms with Crippen LogP contribution in [0.3, 0.4) is 0 Å². The van der Waals surface area contributed by atoms with E-state index in [0.29, 0.717) is 45.3 Å². The highest BCUT2D eigenvalue weighted by molar-refractivity contribution is 5.31. The summed E-state index contributed by atoms with van der Waals surface area (Å²) in [7, 11) is 1.65. The van der Waals surface area contributed by atoms with Crippen LogP contribution in [0.4, 0.5) is 0 Å². The molecule has 1 rings (SSSR count). The second kappa shape index (κ2) is 10.8. The van der Waals surface area contributed by atoms with Gasteiger partial charge in [0, 0.05) is 25.8 Å². The molecular weight excluding hydrogens is 246 g/mol. The van der Waals surface area contributed by atoms with Crippen LogP contribution in [0.15, 0.2) is 24.3 Å². The molecule has 5 nitrogen and oxygen atoms in total. The van der Waals surface area contributed by atoms with Gasteiger partial charge in [-0.2, -0.15) is 0 Å². The van der Waals surface area contributed by atoms with Gasteiger partial charge in [-0.15, -0.1) is 0 Å². The summed E-state index contributed by atoms with van der Waals surface area (Å²) in [4.78, 5) is 0. The lowest BCUT2D eigenvalue weighted by Crippen LogP contribution is -2.20. The molecule has 108 valence electrons. The number of phenols is 1. The molecule has 0 aliphatic rings. The van der Waals surface area contributed by atoms with Crippen LogP contribution in [-0.4, -0.2) is 51.8 Å². The zero-order chi connectivity index (χ0) is 13.8. The van der Waals surface area contributed by atoms with Crippen LogP contribution in [-0.2, 0) is 20.8 Å². The minimum absolute atomic E-state index is 0.322. The Morgan fingerprint density at radius 3 is 2.42 bits per heavy atom. The monoisotopic (exact) mass is 269 g/mol. The van der Waals surface area contributed by atoms with Crippen molar-refractivity contribution in [2.45, 2.75) is 6.54 Å². The largest absolute Gasteiger partial charge is 0.508 e. The standard InChI is InChI=1S/C14H23NO4/c1-17-8-9-19-11-10-18-7-6-15-12-13-4-2-3-5-14(13)16/h2-5,15-16H,6-12H2,1H3. The number of benzene rings is 1. The van der Waals surface area contributed by atoms with Gasteiger partial charge in [-0.1, -0.05) is 18.2 Å². The van der Waals surface area contributed by atoms with Crippen molar-refractivity contribution in [2.75, 3.05) is 46.7 Å². The van der Waals surface area contributed by atoms with Crippen LogP contribution in [0.1, 0.15) is 5.56 Å². The van der Waals surface area contributed by atoms with Crippen molar-refractivity contribution in [1.29, 1.82) is 0 Å². The number of nitrogens with one attached hydrogen (secondary N) is 1. The molecule has 1 aromatic carbocycles. The quantitative estimate of drug-likeness (QED) is 0.590. The van der Waals surface area contributed by atoms with Crippen LogP contribution in [0.2, 0.25) is 0 Å². The number of hydrogen-bond donors (Lipinski definition) is 2. The molecule has 0 saturated heterocycles. The number of phenolic OH excluding ortho intramolecular Hbond substituents is 1. The third kappa shape index (κ3) is 7.79. The molecule has 0 unspecified atom stereocenters. The van der Waals surface area contributed by atoms with Gasteiger partial charge in [0.25, 0.3) is 0 Å². The molecule has 0 fully saturated rings. The van der Waals surface area contributed by atoms with Crippen LogP contribution >= 0.6 is 0 Å². The van der Waals surface area contributed by atoms with Gasteiger partial charge in [0.1, 0.15) is 5.75 Å². The van der Waals surface area contributed by atoms with Crippen molar-refractivity contribution in [2.24, 2.45) is 0 Å². The molecule has 0 aliphatic heterocycles. The van der Waals surface area contributed by atoms with Gasteiger partial charge >= 0.3 is 0 Å². The third-order valence-corrected chi connectivity index (χ3v) is 2.53. The van der Waals surface area contributed by atoms with Gasteiger partial charge < -0.3 is 24.6 Å². The van der Waals surface area contributed by atoms with Crippen molar-refractivity contribution in [3.05, 3.63) is 29.8 Å². The average Bonchev–Trinajstić information content (AvgIpc) is 2.43. The van der Waals surface area contributed by atoms with E-state index in [1.165, 1.54) is 0 Å². The van der Waals surface area contributed by atoms with Gasteiger partial charge in [0.2, 0.25) is 0 Å². The molecule has 1 aromatic rings. The highest BCUT2D eigenvalue weighted by Crippen LogP contribution is 2.14. The maximum Gasteiger partial charge on any atom is 0.120 e. The fraction of sp³-hybridized carbons (Fsp3) is 0.571. The number of ether oxygens (including phenoxy) is 3. The molecule has 0 aliphatic carbocycles. The first kappa shape index (κ1) is 15.9. The normalized spacial score (nSPS) is 10.8. The first-order valence-electron chi connectivity index (χ1n) is 6.46. The number of methoxy groups -OCH3 is 1. The van der Waals surface area contributed by atoms with Gasteiger partial charge in [-0.05, 0) is 6.07 Å². The van der Waals surface area contributed by atoms with E-state index in [4.69, 9.17) is 14.2 Å². The lowest BCUT2D eigenvalue weighted by atomic mass is 10.2. The summed E-state index contributed by atoms with van der Waals surface area (Å²) in [5.74, 6) is 0.322. The summed E-state index contributed by atoms with van der Waals surface area (Å²) in [5.41, 5.74) is 0.894. The molecule has 0 amide bonds. The maximum absolute atomic E-state index is 9.56. The molecule has 0 atom stereocenters. The smallest absolute Gasteiger partial charge is 0.120 e. The SMILES string of the molecule is COCCOCCOCCNCc1ccccc1O. The highest BCUT2D eigenvalue weighted by Gasteiger charge is 1.98. The number of hydrogen-bond acceptors (Lipinski definition) is 5. The predicted octanol–water partition coefficient (Wildman–Crippen LogP) is 1.16. The highest BCUT2D eigenvalue weighted by atomic mass is 16.5. The third-order valence-electron chi connectivity index (χ3n) is 2.53. The topological polar surface area (TPSA) is 60.0 Å². The molecule has 0 aromatic heterocycles. The second-order valence-corrected chi connectivity index (χ2v) is 4.02. The zero-order valence-corrected chi connectivity index (χ0v) is 11.4. The van der Waals surface area contributed by atoms with Crippen molar-refractivity contribution >= 4 is 0 Å². The Labute approximate surface area is 114 Å². The van der Waals surface area contributed by atoms with E-state index in [-0.39, 0.29) is 0 Å². The van der Waals surface area contributed by atoms with Gasteiger partial charge in [0.05, 0.1) is 33.0 Å². The van der Waals surface area contributed by atoms with Crippen LogP contribution in [0.5, 0.6) is 5.75 Å². The summed E-state index contributed by atoms with van der Waals surface area (Å²) >= 11 is 0. The summed E-state index contributed by atoms with van der Waals surface area (Å²) in [5, 5.41) is 12.8. The molecule has 0 bridgehead atoms. The van der Waals surface area contributed by atoms with E-state index >= 15 is 0 Å². The zero-order valence-electron chi connectivity index (χ0n) is 11.4. The van der Waals surface area contributed by atoms with E-state index in [2.05, 4.69) is 5.32 Å². The van der Waals surface area contributed by atoms with Crippen molar-refractivity contribution in [1.82, 2.24) is 5.32 Å². The van der Waals surface area contributed by atoms with E-state index < -0.39 is 0 Å². The molecule has 0 heterocycles. The summed E-state index contributed by atoms with van der Waals surface area (Å²) in [6.07, 6.45) is 0. The molecular formula is C14H23NO4. The van der Waals surface area contributed by atoms with E-state index in [0.717, 1.165) is 12.1 Å². The van der Waals surface area contributed by atoms with Gasteiger partial charge in [-0.25, -0.2) is 0 Å². The number of aromatic hydroxyl groups is 1. The van der Waals surface area contributed by atoms with Crippen molar-refractivity contribution < 1.29 is 19.3 Å². The summed E-state index contributed by atoms with van der Waals surface area (Å²) < 4.78 is 15.5. The first-order valence-corrected chi connectivity index (χ1v) is 6.46. The van der Waals surface area contributed by atoms with Crippen molar-refractivity contribution in [3.8, 4) is 5.75 Å². The van der Waals surface area contributed by atoms with Crippen LogP contribution in [0.25, 0.3) is 0 Å². The molecule has 0 radical (unpaired) electrons. The first-order chi connectivity index (χ1) is 9.34. The fourth-order valence-corrected chi connectivity index (χ4v) is 1.49. The molecule has 19 heavy (non-hydrogen) atoms. The van der Waals surface area contributed by atoms with Crippen LogP contribution < -0.4 is 5.32 Å². The molecule has 0 saturated carbocycles. The van der Waals surface area contributed by atoms with Gasteiger partial charge in [-0.3, -0.25) is 0 Å². The van der Waals surface area contributed by atoms with Crippen LogP contribution in [0, 0.1) is 0 Å². The van der Waals surface area contributed by atoms with Gasteiger partial charge in [0.15, 0.2) is 0 Å². The Morgan fingerprint density at radius 1 is 1.00 bits per heavy atom. The minimum Gasteiger partial charge on any atom is -0.508 e. The Bertz CT molecular complexity index is 333. The Hall–Kier alpha value is -1.14. The fourth-order valence-electron chi connectivity index (χ4n) is 1.49. The lowest BCUT2D eigenvalue weighted by molar-refractivity contribution is 0.0255. The van der Waals surface area contributed by atoms with E-state index in [1.54, 1.807) is 13.2 Å². The molecule has 5 heteroatoms. The minimum atomic E-state index is 0.322. The Kier molecular flexibility index (Phi) is 9.01. The summed E-state index contributed by atoms with van der Waals surface area (Å²) in [6, 6.07) is 7.30. The summed E-state index contributed by atoms with van der Waals surface area (Å²) in [6.45, 7) is 4.40.